The van der Waals surface area contributed by atoms with Crippen LogP contribution in [0.3, 0.4) is 0 Å². The van der Waals surface area contributed by atoms with Crippen molar-refractivity contribution in [2.45, 2.75) is 13.3 Å². The highest BCUT2D eigenvalue weighted by atomic mass is 35.5. The predicted octanol–water partition coefficient (Wildman–Crippen LogP) is 3.89. The molecule has 0 bridgehead atoms. The van der Waals surface area contributed by atoms with Gasteiger partial charge in [0.1, 0.15) is 12.1 Å². The maximum Gasteiger partial charge on any atom is 0.259 e. The number of hydrogen-bond donors (Lipinski definition) is 1. The summed E-state index contributed by atoms with van der Waals surface area (Å²) < 4.78 is 5.13. The third-order valence-corrected chi connectivity index (χ3v) is 4.06. The molecule has 1 aromatic carbocycles. The maximum atomic E-state index is 12.8. The summed E-state index contributed by atoms with van der Waals surface area (Å²) in [4.78, 5) is 30.6. The average molecular weight is 396 g/mol. The fraction of sp³-hybridized carbons (Fsp3) is 0.278. The molecule has 0 aliphatic rings. The summed E-state index contributed by atoms with van der Waals surface area (Å²) >= 11 is 11.9. The molecule has 2 aromatic rings. The highest BCUT2D eigenvalue weighted by molar-refractivity contribution is 6.36. The van der Waals surface area contributed by atoms with Gasteiger partial charge in [-0.05, 0) is 36.8 Å². The van der Waals surface area contributed by atoms with Crippen LogP contribution in [-0.4, -0.2) is 41.9 Å². The lowest BCUT2D eigenvalue weighted by molar-refractivity contribution is -0.116. The second-order valence-electron chi connectivity index (χ2n) is 5.46. The Kier molecular flexibility index (Phi) is 7.24. The minimum absolute atomic E-state index is 0.121. The summed E-state index contributed by atoms with van der Waals surface area (Å²) in [5.41, 5.74) is 0.740. The third kappa shape index (κ3) is 5.09. The number of anilines is 1. The van der Waals surface area contributed by atoms with E-state index in [4.69, 9.17) is 27.9 Å². The number of nitrogens with zero attached hydrogens (tertiary/aromatic N) is 2. The second-order valence-corrected chi connectivity index (χ2v) is 6.30. The molecule has 0 radical (unpaired) electrons. The minimum Gasteiger partial charge on any atom is -0.480 e. The molecule has 0 saturated carbocycles. The van der Waals surface area contributed by atoms with E-state index in [2.05, 4.69) is 10.3 Å². The molecule has 2 rings (SSSR count). The molecule has 0 fully saturated rings. The Morgan fingerprint density at radius 1 is 1.27 bits per heavy atom. The van der Waals surface area contributed by atoms with Gasteiger partial charge in [0.05, 0.1) is 17.8 Å². The monoisotopic (exact) mass is 395 g/mol. The Bertz CT molecular complexity index is 799. The third-order valence-electron chi connectivity index (χ3n) is 3.52. The van der Waals surface area contributed by atoms with E-state index >= 15 is 0 Å². The number of methoxy groups -OCH3 is 1. The Labute approximate surface area is 162 Å². The topological polar surface area (TPSA) is 71.5 Å². The first-order valence-corrected chi connectivity index (χ1v) is 8.75. The molecule has 8 heteroatoms. The van der Waals surface area contributed by atoms with Gasteiger partial charge in [0, 0.05) is 17.8 Å². The molecule has 0 spiro atoms. The van der Waals surface area contributed by atoms with Gasteiger partial charge in [0.25, 0.3) is 5.91 Å². The first-order valence-electron chi connectivity index (χ1n) is 7.99. The van der Waals surface area contributed by atoms with Crippen LogP contribution in [0, 0.1) is 0 Å². The highest BCUT2D eigenvalue weighted by Crippen LogP contribution is 2.25. The van der Waals surface area contributed by atoms with E-state index in [1.807, 2.05) is 6.92 Å². The Morgan fingerprint density at radius 2 is 2.04 bits per heavy atom. The number of hydrogen-bond acceptors (Lipinski definition) is 4. The Hall–Kier alpha value is -2.31. The van der Waals surface area contributed by atoms with Crippen LogP contribution in [0.15, 0.2) is 36.5 Å². The molecular weight excluding hydrogens is 377 g/mol. The van der Waals surface area contributed by atoms with Crippen LogP contribution in [0.5, 0.6) is 5.88 Å². The molecular formula is C18H19Cl2N3O3. The van der Waals surface area contributed by atoms with Gasteiger partial charge in [-0.15, -0.1) is 0 Å². The number of carbonyl (C=O) groups excluding carboxylic acids is 2. The lowest BCUT2D eigenvalue weighted by Gasteiger charge is -2.22. The van der Waals surface area contributed by atoms with Gasteiger partial charge < -0.3 is 15.0 Å². The first kappa shape index (κ1) is 20.0. The van der Waals surface area contributed by atoms with Crippen LogP contribution in [0.4, 0.5) is 5.69 Å². The van der Waals surface area contributed by atoms with Crippen LogP contribution < -0.4 is 10.1 Å². The maximum absolute atomic E-state index is 12.8. The highest BCUT2D eigenvalue weighted by Gasteiger charge is 2.22. The van der Waals surface area contributed by atoms with Gasteiger partial charge in [0.2, 0.25) is 11.8 Å². The SMILES string of the molecule is CCCN(CC(=O)Nc1ccc(Cl)cc1Cl)C(=O)c1cccnc1OC. The molecule has 26 heavy (non-hydrogen) atoms. The summed E-state index contributed by atoms with van der Waals surface area (Å²) in [7, 11) is 1.44. The van der Waals surface area contributed by atoms with Crippen molar-refractivity contribution in [3.8, 4) is 5.88 Å². The van der Waals surface area contributed by atoms with E-state index in [9.17, 15) is 9.59 Å². The average Bonchev–Trinajstić information content (AvgIpc) is 2.63. The lowest BCUT2D eigenvalue weighted by Crippen LogP contribution is -2.38. The fourth-order valence-corrected chi connectivity index (χ4v) is 2.82. The molecule has 1 heterocycles. The van der Waals surface area contributed by atoms with Crippen LogP contribution in [0.25, 0.3) is 0 Å². The number of ether oxygens (including phenoxy) is 1. The summed E-state index contributed by atoms with van der Waals surface area (Å²) in [6.07, 6.45) is 2.23. The standard InChI is InChI=1S/C18H19Cl2N3O3/c1-3-9-23(18(25)13-5-4-8-21-17(13)26-2)11-16(24)22-15-7-6-12(19)10-14(15)20/h4-8,10H,3,9,11H2,1-2H3,(H,22,24). The van der Waals surface area contributed by atoms with E-state index < -0.39 is 0 Å². The van der Waals surface area contributed by atoms with Gasteiger partial charge in [-0.1, -0.05) is 30.1 Å². The minimum atomic E-state index is -0.362. The quantitative estimate of drug-likeness (QED) is 0.771. The molecule has 0 aliphatic heterocycles. The zero-order chi connectivity index (χ0) is 19.1. The van der Waals surface area contributed by atoms with Crippen molar-refractivity contribution in [1.29, 1.82) is 0 Å². The zero-order valence-electron chi connectivity index (χ0n) is 14.5. The van der Waals surface area contributed by atoms with Gasteiger partial charge in [-0.2, -0.15) is 0 Å². The molecule has 2 amide bonds. The van der Waals surface area contributed by atoms with Crippen LogP contribution in [-0.2, 0) is 4.79 Å². The number of rotatable bonds is 7. The molecule has 1 N–H and O–H groups in total. The number of nitrogens with one attached hydrogen (secondary N) is 1. The number of amides is 2. The number of carbonyl (C=O) groups is 2. The molecule has 6 nitrogen and oxygen atoms in total. The van der Waals surface area contributed by atoms with Crippen molar-refractivity contribution >= 4 is 40.7 Å². The number of halogens is 2. The largest absolute Gasteiger partial charge is 0.480 e. The van der Waals surface area contributed by atoms with E-state index in [-0.39, 0.29) is 24.2 Å². The Morgan fingerprint density at radius 3 is 2.69 bits per heavy atom. The second kappa shape index (κ2) is 9.40. The molecule has 0 aliphatic carbocycles. The van der Waals surface area contributed by atoms with Gasteiger partial charge >= 0.3 is 0 Å². The van der Waals surface area contributed by atoms with Crippen molar-refractivity contribution in [2.24, 2.45) is 0 Å². The predicted molar refractivity (Wildman–Crippen MR) is 102 cm³/mol. The van der Waals surface area contributed by atoms with E-state index in [0.717, 1.165) is 0 Å². The normalized spacial score (nSPS) is 10.3. The Balaban J connectivity index is 2.14. The van der Waals surface area contributed by atoms with Crippen LogP contribution in [0.1, 0.15) is 23.7 Å². The zero-order valence-corrected chi connectivity index (χ0v) is 16.0. The van der Waals surface area contributed by atoms with Crippen LogP contribution >= 0.6 is 23.2 Å². The van der Waals surface area contributed by atoms with Crippen molar-refractivity contribution in [3.05, 3.63) is 52.1 Å². The van der Waals surface area contributed by atoms with Gasteiger partial charge in [0.15, 0.2) is 0 Å². The van der Waals surface area contributed by atoms with E-state index in [1.165, 1.54) is 24.3 Å². The van der Waals surface area contributed by atoms with E-state index in [0.29, 0.717) is 34.3 Å². The van der Waals surface area contributed by atoms with Crippen molar-refractivity contribution < 1.29 is 14.3 Å². The molecule has 1 aromatic heterocycles. The van der Waals surface area contributed by atoms with Crippen molar-refractivity contribution in [1.82, 2.24) is 9.88 Å². The molecule has 138 valence electrons. The number of aromatic nitrogens is 1. The fourth-order valence-electron chi connectivity index (χ4n) is 2.36. The summed E-state index contributed by atoms with van der Waals surface area (Å²) in [6, 6.07) is 8.03. The van der Waals surface area contributed by atoms with Gasteiger partial charge in [-0.25, -0.2) is 4.98 Å². The van der Waals surface area contributed by atoms with Crippen molar-refractivity contribution in [3.63, 3.8) is 0 Å². The van der Waals surface area contributed by atoms with Crippen LogP contribution in [0.2, 0.25) is 10.0 Å². The summed E-state index contributed by atoms with van der Waals surface area (Å²) in [6.45, 7) is 2.22. The lowest BCUT2D eigenvalue weighted by atomic mass is 10.2. The molecule has 0 saturated heterocycles. The number of pyridine rings is 1. The first-order chi connectivity index (χ1) is 12.5. The van der Waals surface area contributed by atoms with Crippen molar-refractivity contribution in [2.75, 3.05) is 25.5 Å². The molecule has 0 atom stereocenters. The summed E-state index contributed by atoms with van der Waals surface area (Å²) in [5.74, 6) is -0.465. The molecule has 0 unspecified atom stereocenters. The smallest absolute Gasteiger partial charge is 0.259 e. The van der Waals surface area contributed by atoms with E-state index in [1.54, 1.807) is 24.3 Å². The number of benzene rings is 1. The summed E-state index contributed by atoms with van der Waals surface area (Å²) in [5, 5.41) is 3.49. The van der Waals surface area contributed by atoms with Gasteiger partial charge in [-0.3, -0.25) is 9.59 Å².